The summed E-state index contributed by atoms with van der Waals surface area (Å²) in [6, 6.07) is -1.01. The maximum atomic E-state index is 10.5. The van der Waals surface area contributed by atoms with Crippen molar-refractivity contribution in [3.63, 3.8) is 0 Å². The average Bonchev–Trinajstić information content (AvgIpc) is 2.23. The number of carbonyl (C=O) groups is 3. The zero-order chi connectivity index (χ0) is 16.5. The zero-order valence-corrected chi connectivity index (χ0v) is 12.8. The lowest BCUT2D eigenvalue weighted by Crippen LogP contribution is -2.54. The van der Waals surface area contributed by atoms with Crippen molar-refractivity contribution in [1.82, 2.24) is 4.90 Å². The minimum absolute atomic E-state index is 0.315. The van der Waals surface area contributed by atoms with E-state index in [-0.39, 0.29) is 10.5 Å². The molecule has 0 saturated heterocycles. The van der Waals surface area contributed by atoms with E-state index in [2.05, 4.69) is 0 Å². The number of nitrogens with two attached hydrogens (primary N) is 1. The molecular weight excluding hydrogens is 266 g/mol. The van der Waals surface area contributed by atoms with Gasteiger partial charge in [0.15, 0.2) is 0 Å². The van der Waals surface area contributed by atoms with Gasteiger partial charge in [-0.15, -0.1) is 0 Å². The van der Waals surface area contributed by atoms with E-state index in [1.54, 1.807) is 19.0 Å². The number of quaternary nitrogens is 1. The molecule has 0 aliphatic heterocycles. The molecular formula is C12H25N3O5. The lowest BCUT2D eigenvalue weighted by atomic mass is 10.1. The summed E-state index contributed by atoms with van der Waals surface area (Å²) < 4.78 is -0.387. The third-order valence-electron chi connectivity index (χ3n) is 2.59. The van der Waals surface area contributed by atoms with Gasteiger partial charge in [-0.1, -0.05) is 13.3 Å². The van der Waals surface area contributed by atoms with Crippen molar-refractivity contribution in [2.45, 2.75) is 25.8 Å². The number of aliphatic carboxylic acids is 2. The Morgan fingerprint density at radius 1 is 1.30 bits per heavy atom. The van der Waals surface area contributed by atoms with E-state index in [1.807, 2.05) is 6.92 Å². The number of amides is 2. The SMILES string of the molecule is CCCC(C(=O)O)N(C)C.C[N+](C)(CC(=O)[O-])C(N)=O. The van der Waals surface area contributed by atoms with Gasteiger partial charge < -0.3 is 20.7 Å². The summed E-state index contributed by atoms with van der Waals surface area (Å²) >= 11 is 0. The molecule has 20 heavy (non-hydrogen) atoms. The number of carboxylic acids is 2. The molecule has 0 bridgehead atoms. The van der Waals surface area contributed by atoms with Gasteiger partial charge in [-0.2, -0.15) is 0 Å². The lowest BCUT2D eigenvalue weighted by Gasteiger charge is -2.23. The Kier molecular flexibility index (Phi) is 9.57. The first-order valence-corrected chi connectivity index (χ1v) is 6.17. The molecule has 8 nitrogen and oxygen atoms in total. The molecule has 2 amide bonds. The van der Waals surface area contributed by atoms with Gasteiger partial charge in [-0.3, -0.25) is 9.69 Å². The molecule has 0 aromatic carbocycles. The van der Waals surface area contributed by atoms with E-state index in [0.29, 0.717) is 0 Å². The standard InChI is InChI=1S/C7H15NO2.C5H10N2O3/c1-4-5-6(7(9)10)8(2)3;1-7(2,5(6)10)3-4(8)9/h6H,4-5H2,1-3H3,(H,9,10);3H2,1-2H3,(H2-,6,8,9,10). The molecule has 0 saturated carbocycles. The second-order valence-electron chi connectivity index (χ2n) is 5.16. The monoisotopic (exact) mass is 291 g/mol. The summed E-state index contributed by atoms with van der Waals surface area (Å²) in [6.07, 6.45) is 1.64. The zero-order valence-electron chi connectivity index (χ0n) is 12.8. The lowest BCUT2D eigenvalue weighted by molar-refractivity contribution is -0.802. The van der Waals surface area contributed by atoms with Crippen LogP contribution in [-0.4, -0.2) is 73.2 Å². The van der Waals surface area contributed by atoms with Gasteiger partial charge in [0, 0.05) is 0 Å². The summed E-state index contributed by atoms with van der Waals surface area (Å²) in [6.45, 7) is 1.59. The third kappa shape index (κ3) is 9.29. The first-order chi connectivity index (χ1) is 8.95. The highest BCUT2D eigenvalue weighted by molar-refractivity contribution is 5.73. The van der Waals surface area contributed by atoms with E-state index >= 15 is 0 Å². The van der Waals surface area contributed by atoms with Gasteiger partial charge in [-0.25, -0.2) is 9.28 Å². The third-order valence-corrected chi connectivity index (χ3v) is 2.59. The molecule has 1 unspecified atom stereocenters. The number of hydrogen-bond donors (Lipinski definition) is 2. The van der Waals surface area contributed by atoms with E-state index in [9.17, 15) is 19.5 Å². The summed E-state index contributed by atoms with van der Waals surface area (Å²) in [7, 11) is 6.37. The molecule has 0 aliphatic rings. The van der Waals surface area contributed by atoms with Crippen molar-refractivity contribution in [1.29, 1.82) is 0 Å². The van der Waals surface area contributed by atoms with Crippen LogP contribution >= 0.6 is 0 Å². The summed E-state index contributed by atoms with van der Waals surface area (Å²) in [5.74, 6) is -2.02. The van der Waals surface area contributed by atoms with Crippen LogP contribution in [0, 0.1) is 0 Å². The molecule has 0 fully saturated rings. The number of nitrogens with zero attached hydrogens (tertiary/aromatic N) is 2. The Morgan fingerprint density at radius 2 is 1.75 bits per heavy atom. The number of carbonyl (C=O) groups excluding carboxylic acids is 2. The average molecular weight is 291 g/mol. The largest absolute Gasteiger partial charge is 0.544 e. The van der Waals surface area contributed by atoms with E-state index in [1.165, 1.54) is 14.1 Å². The smallest absolute Gasteiger partial charge is 0.413 e. The molecule has 0 rings (SSSR count). The normalized spacial score (nSPS) is 12.3. The topological polar surface area (TPSA) is 124 Å². The van der Waals surface area contributed by atoms with Gasteiger partial charge in [0.05, 0.1) is 20.1 Å². The molecule has 0 radical (unpaired) electrons. The van der Waals surface area contributed by atoms with Crippen LogP contribution in [0.5, 0.6) is 0 Å². The van der Waals surface area contributed by atoms with Crippen LogP contribution in [-0.2, 0) is 9.59 Å². The number of urea groups is 1. The number of likely N-dealkylation sites (N-methyl/N-ethyl adjacent to an activating group) is 2. The van der Waals surface area contributed by atoms with Crippen molar-refractivity contribution in [3.8, 4) is 0 Å². The first-order valence-electron chi connectivity index (χ1n) is 6.17. The summed E-state index contributed by atoms with van der Waals surface area (Å²) in [4.78, 5) is 32.7. The van der Waals surface area contributed by atoms with Crippen LogP contribution in [0.1, 0.15) is 19.8 Å². The van der Waals surface area contributed by atoms with Gasteiger partial charge in [0.1, 0.15) is 12.6 Å². The van der Waals surface area contributed by atoms with Crippen molar-refractivity contribution >= 4 is 18.0 Å². The van der Waals surface area contributed by atoms with Gasteiger partial charge in [0.2, 0.25) is 0 Å². The maximum Gasteiger partial charge on any atom is 0.413 e. The fourth-order valence-corrected chi connectivity index (χ4v) is 1.28. The number of primary amides is 1. The van der Waals surface area contributed by atoms with Crippen LogP contribution in [0.25, 0.3) is 0 Å². The molecule has 3 N–H and O–H groups in total. The van der Waals surface area contributed by atoms with Crippen LogP contribution in [0.2, 0.25) is 0 Å². The predicted molar refractivity (Wildman–Crippen MR) is 71.6 cm³/mol. The van der Waals surface area contributed by atoms with Gasteiger partial charge >= 0.3 is 12.0 Å². The van der Waals surface area contributed by atoms with Crippen LogP contribution in [0.3, 0.4) is 0 Å². The van der Waals surface area contributed by atoms with Crippen LogP contribution in [0.15, 0.2) is 0 Å². The maximum absolute atomic E-state index is 10.5. The van der Waals surface area contributed by atoms with Crippen molar-refractivity contribution in [2.24, 2.45) is 5.73 Å². The van der Waals surface area contributed by atoms with Crippen molar-refractivity contribution < 1.29 is 29.1 Å². The fourth-order valence-electron chi connectivity index (χ4n) is 1.28. The van der Waals surface area contributed by atoms with Crippen molar-refractivity contribution in [3.05, 3.63) is 0 Å². The second kappa shape index (κ2) is 9.27. The Bertz CT molecular complexity index is 342. The molecule has 0 aromatic heterocycles. The highest BCUT2D eigenvalue weighted by Gasteiger charge is 2.22. The highest BCUT2D eigenvalue weighted by atomic mass is 16.4. The first kappa shape index (κ1) is 20.6. The predicted octanol–water partition coefficient (Wildman–Crippen LogP) is -1.31. The van der Waals surface area contributed by atoms with Crippen LogP contribution < -0.4 is 10.8 Å². The van der Waals surface area contributed by atoms with Crippen LogP contribution in [0.4, 0.5) is 4.79 Å². The van der Waals surface area contributed by atoms with Crippen molar-refractivity contribution in [2.75, 3.05) is 34.7 Å². The fraction of sp³-hybridized carbons (Fsp3) is 0.750. The van der Waals surface area contributed by atoms with E-state index in [0.717, 1.165) is 12.8 Å². The Morgan fingerprint density at radius 3 is 1.85 bits per heavy atom. The quantitative estimate of drug-likeness (QED) is 0.586. The Labute approximate surface area is 119 Å². The number of hydrogen-bond acceptors (Lipinski definition) is 5. The summed E-state index contributed by atoms with van der Waals surface area (Å²) in [5.41, 5.74) is 4.86. The van der Waals surface area contributed by atoms with E-state index < -0.39 is 24.5 Å². The molecule has 1 atom stereocenters. The Hall–Kier alpha value is -1.67. The molecule has 0 heterocycles. The van der Waals surface area contributed by atoms with Gasteiger partial charge in [-0.05, 0) is 20.5 Å². The highest BCUT2D eigenvalue weighted by Crippen LogP contribution is 2.02. The minimum Gasteiger partial charge on any atom is -0.544 e. The molecule has 118 valence electrons. The number of rotatable bonds is 6. The van der Waals surface area contributed by atoms with Gasteiger partial charge in [0.25, 0.3) is 0 Å². The molecule has 0 aliphatic carbocycles. The molecule has 8 heteroatoms. The second-order valence-corrected chi connectivity index (χ2v) is 5.16. The number of carboxylic acid groups (broad SMARTS) is 2. The van der Waals surface area contributed by atoms with E-state index in [4.69, 9.17) is 10.8 Å². The summed E-state index contributed by atoms with van der Waals surface area (Å²) in [5, 5.41) is 18.6. The minimum atomic E-state index is -1.29. The molecule has 0 spiro atoms. The molecule has 0 aromatic rings. The Balaban J connectivity index is 0.